The van der Waals surface area contributed by atoms with Gasteiger partial charge >= 0.3 is 0 Å². The largest absolute Gasteiger partial charge is 0.106 e. The van der Waals surface area contributed by atoms with Crippen molar-refractivity contribution in [3.63, 3.8) is 0 Å². The lowest BCUT2D eigenvalue weighted by Crippen LogP contribution is -1.87. The van der Waals surface area contributed by atoms with Crippen LogP contribution in [0.5, 0.6) is 0 Å². The summed E-state index contributed by atoms with van der Waals surface area (Å²) in [5, 5.41) is 6.46. The summed E-state index contributed by atoms with van der Waals surface area (Å²) >= 11 is 0. The molecule has 0 nitrogen and oxygen atoms in total. The summed E-state index contributed by atoms with van der Waals surface area (Å²) in [6.45, 7) is 0. The van der Waals surface area contributed by atoms with Crippen molar-refractivity contribution in [1.82, 2.24) is 0 Å². The second kappa shape index (κ2) is 3.32. The molecule has 3 aromatic rings. The van der Waals surface area contributed by atoms with E-state index in [-0.39, 0.29) is 0 Å². The molecule has 1 unspecified atom stereocenters. The molecule has 1 atom stereocenters. The number of hydrogen-bond donors (Lipinski definition) is 0. The van der Waals surface area contributed by atoms with E-state index in [1.165, 1.54) is 26.8 Å². The lowest BCUT2D eigenvalue weighted by atomic mass is 10.0. The van der Waals surface area contributed by atoms with E-state index < -0.39 is 0 Å². The molecule has 0 N–H and O–H groups in total. The van der Waals surface area contributed by atoms with E-state index in [2.05, 4.69) is 63.8 Å². The zero-order valence-corrected chi connectivity index (χ0v) is 9.43. The maximum absolute atomic E-state index is 2.74. The van der Waals surface area contributed by atoms with E-state index in [9.17, 15) is 0 Å². The Bertz CT molecular complexity index is 641. The average Bonchev–Trinajstić information content (AvgIpc) is 2.26. The monoisotopic (exact) mass is 210 g/mol. The maximum atomic E-state index is 2.74. The molecule has 0 aliphatic rings. The van der Waals surface area contributed by atoms with Crippen LogP contribution >= 0.6 is 9.24 Å². The second-order valence-corrected chi connectivity index (χ2v) is 4.47. The molecule has 0 amide bonds. The SMILES string of the molecule is Pc1ccc2cc3ccccc3cc2c1. The van der Waals surface area contributed by atoms with E-state index in [1.807, 2.05) is 0 Å². The van der Waals surface area contributed by atoms with Crippen molar-refractivity contribution in [1.29, 1.82) is 0 Å². The lowest BCUT2D eigenvalue weighted by Gasteiger charge is -2.02. The Morgan fingerprint density at radius 1 is 0.600 bits per heavy atom. The van der Waals surface area contributed by atoms with Gasteiger partial charge in [0.1, 0.15) is 0 Å². The van der Waals surface area contributed by atoms with Gasteiger partial charge in [-0.1, -0.05) is 36.4 Å². The average molecular weight is 210 g/mol. The molecule has 72 valence electrons. The summed E-state index contributed by atoms with van der Waals surface area (Å²) in [4.78, 5) is 0. The first kappa shape index (κ1) is 8.88. The summed E-state index contributed by atoms with van der Waals surface area (Å²) in [7, 11) is 2.74. The molecule has 0 aliphatic heterocycles. The minimum absolute atomic E-state index is 1.23. The van der Waals surface area contributed by atoms with Crippen LogP contribution in [0, 0.1) is 0 Å². The molecule has 0 aliphatic carbocycles. The predicted molar refractivity (Wildman–Crippen MR) is 70.8 cm³/mol. The highest BCUT2D eigenvalue weighted by Gasteiger charge is 1.97. The number of benzene rings is 3. The summed E-state index contributed by atoms with van der Waals surface area (Å²) in [5.74, 6) is 0. The van der Waals surface area contributed by atoms with Gasteiger partial charge in [-0.15, -0.1) is 9.24 Å². The Morgan fingerprint density at radius 3 is 1.93 bits per heavy atom. The molecule has 0 saturated heterocycles. The minimum atomic E-state index is 1.23. The van der Waals surface area contributed by atoms with Crippen LogP contribution in [-0.4, -0.2) is 0 Å². The Hall–Kier alpha value is -1.39. The van der Waals surface area contributed by atoms with Crippen LogP contribution in [0.15, 0.2) is 54.6 Å². The fourth-order valence-corrected chi connectivity index (χ4v) is 2.23. The smallest absolute Gasteiger partial charge is 0.0171 e. The van der Waals surface area contributed by atoms with E-state index in [0.717, 1.165) is 0 Å². The van der Waals surface area contributed by atoms with Crippen molar-refractivity contribution in [3.05, 3.63) is 54.6 Å². The van der Waals surface area contributed by atoms with Crippen LogP contribution < -0.4 is 5.30 Å². The lowest BCUT2D eigenvalue weighted by molar-refractivity contribution is 1.79. The standard InChI is InChI=1S/C14H11P/c15-14-6-5-12-7-10-3-1-2-4-11(10)8-13(12)9-14/h1-9H,15H2. The van der Waals surface area contributed by atoms with Crippen LogP contribution in [0.3, 0.4) is 0 Å². The topological polar surface area (TPSA) is 0 Å². The molecular formula is C14H11P. The van der Waals surface area contributed by atoms with Gasteiger partial charge < -0.3 is 0 Å². The molecule has 0 spiro atoms. The third-order valence-electron chi connectivity index (χ3n) is 2.73. The molecule has 0 fully saturated rings. The van der Waals surface area contributed by atoms with Gasteiger partial charge in [-0.25, -0.2) is 0 Å². The maximum Gasteiger partial charge on any atom is -0.0171 e. The number of fused-ring (bicyclic) bond motifs is 2. The van der Waals surface area contributed by atoms with E-state index >= 15 is 0 Å². The summed E-state index contributed by atoms with van der Waals surface area (Å²) in [5.41, 5.74) is 0. The van der Waals surface area contributed by atoms with Gasteiger partial charge in [0.25, 0.3) is 0 Å². The molecule has 1 heteroatoms. The minimum Gasteiger partial charge on any atom is -0.106 e. The van der Waals surface area contributed by atoms with Crippen LogP contribution in [0.1, 0.15) is 0 Å². The summed E-state index contributed by atoms with van der Waals surface area (Å²) in [6.07, 6.45) is 0. The van der Waals surface area contributed by atoms with Gasteiger partial charge in [0.2, 0.25) is 0 Å². The van der Waals surface area contributed by atoms with Crippen molar-refractivity contribution < 1.29 is 0 Å². The van der Waals surface area contributed by atoms with Crippen LogP contribution in [0.4, 0.5) is 0 Å². The Morgan fingerprint density at radius 2 is 1.20 bits per heavy atom. The predicted octanol–water partition coefficient (Wildman–Crippen LogP) is 3.49. The molecule has 3 aromatic carbocycles. The molecule has 0 bridgehead atoms. The first-order valence-electron chi connectivity index (χ1n) is 5.01. The van der Waals surface area contributed by atoms with E-state index in [1.54, 1.807) is 0 Å². The molecule has 0 aromatic heterocycles. The van der Waals surface area contributed by atoms with Gasteiger partial charge in [0.05, 0.1) is 0 Å². The summed E-state index contributed by atoms with van der Waals surface area (Å²) in [6, 6.07) is 19.5. The van der Waals surface area contributed by atoms with Crippen molar-refractivity contribution in [3.8, 4) is 0 Å². The molecule has 0 radical (unpaired) electrons. The van der Waals surface area contributed by atoms with Crippen LogP contribution in [0.2, 0.25) is 0 Å². The van der Waals surface area contributed by atoms with Gasteiger partial charge in [-0.05, 0) is 45.0 Å². The number of rotatable bonds is 0. The fraction of sp³-hybridized carbons (Fsp3) is 0. The quantitative estimate of drug-likeness (QED) is 0.393. The fourth-order valence-electron chi connectivity index (χ4n) is 1.96. The van der Waals surface area contributed by atoms with Crippen LogP contribution in [-0.2, 0) is 0 Å². The highest BCUT2D eigenvalue weighted by molar-refractivity contribution is 7.27. The zero-order chi connectivity index (χ0) is 10.3. The van der Waals surface area contributed by atoms with Gasteiger partial charge in [0, 0.05) is 0 Å². The Kier molecular flexibility index (Phi) is 1.97. The van der Waals surface area contributed by atoms with Crippen molar-refractivity contribution in [2.45, 2.75) is 0 Å². The Labute approximate surface area is 91.1 Å². The molecule has 3 rings (SSSR count). The normalized spacial score (nSPS) is 11.0. The van der Waals surface area contributed by atoms with Crippen LogP contribution in [0.25, 0.3) is 21.5 Å². The van der Waals surface area contributed by atoms with Crippen molar-refractivity contribution >= 4 is 36.1 Å². The third kappa shape index (κ3) is 1.52. The Balaban J connectivity index is 2.47. The van der Waals surface area contributed by atoms with Crippen molar-refractivity contribution in [2.24, 2.45) is 0 Å². The number of hydrogen-bond acceptors (Lipinski definition) is 0. The van der Waals surface area contributed by atoms with Gasteiger partial charge in [-0.2, -0.15) is 0 Å². The van der Waals surface area contributed by atoms with E-state index in [0.29, 0.717) is 0 Å². The van der Waals surface area contributed by atoms with E-state index in [4.69, 9.17) is 0 Å². The third-order valence-corrected chi connectivity index (χ3v) is 3.09. The zero-order valence-electron chi connectivity index (χ0n) is 8.27. The summed E-state index contributed by atoms with van der Waals surface area (Å²) < 4.78 is 0. The molecular weight excluding hydrogens is 199 g/mol. The first-order valence-corrected chi connectivity index (χ1v) is 5.59. The highest BCUT2D eigenvalue weighted by atomic mass is 31.0. The molecule has 0 heterocycles. The highest BCUT2D eigenvalue weighted by Crippen LogP contribution is 2.22. The van der Waals surface area contributed by atoms with Gasteiger partial charge in [0.15, 0.2) is 0 Å². The van der Waals surface area contributed by atoms with Crippen molar-refractivity contribution in [2.75, 3.05) is 0 Å². The van der Waals surface area contributed by atoms with Gasteiger partial charge in [-0.3, -0.25) is 0 Å². The molecule has 15 heavy (non-hydrogen) atoms. The second-order valence-electron chi connectivity index (χ2n) is 3.81. The molecule has 0 saturated carbocycles. The first-order chi connectivity index (χ1) is 7.33.